The number of halogens is 1. The van der Waals surface area contributed by atoms with E-state index in [0.717, 1.165) is 0 Å². The summed E-state index contributed by atoms with van der Waals surface area (Å²) < 4.78 is 32.1. The van der Waals surface area contributed by atoms with Gasteiger partial charge >= 0.3 is 0 Å². The van der Waals surface area contributed by atoms with E-state index < -0.39 is 16.1 Å². The van der Waals surface area contributed by atoms with Crippen molar-refractivity contribution in [1.82, 2.24) is 4.72 Å². The average Bonchev–Trinajstić information content (AvgIpc) is 2.35. The fourth-order valence-corrected chi connectivity index (χ4v) is 3.38. The molecule has 0 radical (unpaired) electrons. The molecular weight excluding hydrogens is 322 g/mol. The van der Waals surface area contributed by atoms with Crippen LogP contribution in [-0.2, 0) is 10.0 Å². The number of ether oxygens (including phenoxy) is 1. The molecule has 102 valence electrons. The van der Waals surface area contributed by atoms with Crippen LogP contribution in [0.3, 0.4) is 0 Å². The normalized spacial score (nSPS) is 13.3. The molecule has 1 aromatic carbocycles. The molecule has 0 bridgehead atoms. The van der Waals surface area contributed by atoms with Gasteiger partial charge in [-0.25, -0.2) is 13.1 Å². The molecule has 0 saturated heterocycles. The molecule has 0 heterocycles. The highest BCUT2D eigenvalue weighted by molar-refractivity contribution is 9.10. The summed E-state index contributed by atoms with van der Waals surface area (Å²) in [6.45, 7) is 1.57. The minimum atomic E-state index is -3.63. The molecule has 0 aromatic heterocycles. The molecule has 0 aliphatic carbocycles. The van der Waals surface area contributed by atoms with Gasteiger partial charge in [0, 0.05) is 6.04 Å². The molecule has 0 spiro atoms. The highest BCUT2D eigenvalue weighted by Gasteiger charge is 2.19. The van der Waals surface area contributed by atoms with E-state index in [-0.39, 0.29) is 11.5 Å². The Kier molecular flexibility index (Phi) is 5.58. The number of nitrogens with one attached hydrogen (secondary N) is 1. The number of sulfonamides is 1. The second kappa shape index (κ2) is 6.51. The topological polar surface area (TPSA) is 75.6 Å². The van der Waals surface area contributed by atoms with Gasteiger partial charge in [-0.05, 0) is 40.5 Å². The summed E-state index contributed by atoms with van der Waals surface area (Å²) in [5.74, 6) is 0.558. The van der Waals surface area contributed by atoms with Gasteiger partial charge in [-0.3, -0.25) is 0 Å². The van der Waals surface area contributed by atoms with Crippen LogP contribution in [0.4, 0.5) is 0 Å². The highest BCUT2D eigenvalue weighted by Crippen LogP contribution is 2.27. The van der Waals surface area contributed by atoms with Crippen molar-refractivity contribution in [3.8, 4) is 5.75 Å². The van der Waals surface area contributed by atoms with Gasteiger partial charge in [0.2, 0.25) is 10.0 Å². The van der Waals surface area contributed by atoms with Crippen molar-refractivity contribution >= 4 is 26.0 Å². The Balaban J connectivity index is 3.02. The molecule has 0 aliphatic rings. The lowest BCUT2D eigenvalue weighted by molar-refractivity contribution is 0.254. The molecule has 2 N–H and O–H groups in total. The van der Waals surface area contributed by atoms with Crippen molar-refractivity contribution < 1.29 is 18.3 Å². The number of rotatable bonds is 6. The first kappa shape index (κ1) is 15.4. The molecule has 1 rings (SSSR count). The van der Waals surface area contributed by atoms with Crippen LogP contribution in [0, 0.1) is 0 Å². The van der Waals surface area contributed by atoms with Gasteiger partial charge in [0.1, 0.15) is 5.75 Å². The summed E-state index contributed by atoms with van der Waals surface area (Å²) in [5.41, 5.74) is 0. The third-order valence-corrected chi connectivity index (χ3v) is 4.61. The number of hydrogen-bond acceptors (Lipinski definition) is 4. The Hall–Kier alpha value is -0.630. The smallest absolute Gasteiger partial charge is 0.240 e. The zero-order chi connectivity index (χ0) is 13.8. The predicted octanol–water partition coefficient (Wildman–Crippen LogP) is 1.51. The monoisotopic (exact) mass is 337 g/mol. The van der Waals surface area contributed by atoms with Crippen LogP contribution < -0.4 is 9.46 Å². The molecule has 0 saturated carbocycles. The van der Waals surface area contributed by atoms with Crippen molar-refractivity contribution in [2.45, 2.75) is 24.3 Å². The molecule has 7 heteroatoms. The van der Waals surface area contributed by atoms with Gasteiger partial charge in [0.05, 0.1) is 23.1 Å². The van der Waals surface area contributed by atoms with Crippen LogP contribution in [0.1, 0.15) is 13.3 Å². The number of methoxy groups -OCH3 is 1. The summed E-state index contributed by atoms with van der Waals surface area (Å²) >= 11 is 3.23. The Morgan fingerprint density at radius 1 is 1.50 bits per heavy atom. The van der Waals surface area contributed by atoms with Gasteiger partial charge in [-0.15, -0.1) is 0 Å². The Morgan fingerprint density at radius 2 is 2.17 bits per heavy atom. The first-order valence-electron chi connectivity index (χ1n) is 5.41. The maximum atomic E-state index is 12.0. The lowest BCUT2D eigenvalue weighted by Crippen LogP contribution is -2.36. The van der Waals surface area contributed by atoms with Crippen LogP contribution in [0.25, 0.3) is 0 Å². The SMILES string of the molecule is CCC(CO)NS(=O)(=O)c1ccc(OC)c(Br)c1. The van der Waals surface area contributed by atoms with E-state index >= 15 is 0 Å². The molecule has 0 fully saturated rings. The van der Waals surface area contributed by atoms with Gasteiger partial charge in [-0.1, -0.05) is 6.92 Å². The first-order valence-corrected chi connectivity index (χ1v) is 7.69. The van der Waals surface area contributed by atoms with Gasteiger partial charge < -0.3 is 9.84 Å². The average molecular weight is 338 g/mol. The summed E-state index contributed by atoms with van der Waals surface area (Å²) in [4.78, 5) is 0.127. The van der Waals surface area contributed by atoms with Crippen LogP contribution in [0.2, 0.25) is 0 Å². The largest absolute Gasteiger partial charge is 0.496 e. The third-order valence-electron chi connectivity index (χ3n) is 2.47. The predicted molar refractivity (Wildman–Crippen MR) is 72.2 cm³/mol. The lowest BCUT2D eigenvalue weighted by atomic mass is 10.3. The van der Waals surface area contributed by atoms with Crippen LogP contribution in [0.15, 0.2) is 27.6 Å². The quantitative estimate of drug-likeness (QED) is 0.824. The van der Waals surface area contributed by atoms with E-state index in [4.69, 9.17) is 9.84 Å². The van der Waals surface area contributed by atoms with Crippen LogP contribution in [-0.4, -0.2) is 33.3 Å². The van der Waals surface area contributed by atoms with E-state index in [9.17, 15) is 8.42 Å². The van der Waals surface area contributed by atoms with Gasteiger partial charge in [0.15, 0.2) is 0 Å². The molecule has 5 nitrogen and oxygen atoms in total. The van der Waals surface area contributed by atoms with Gasteiger partial charge in [-0.2, -0.15) is 0 Å². The minimum absolute atomic E-state index is 0.127. The summed E-state index contributed by atoms with van der Waals surface area (Å²) in [6.07, 6.45) is 0.521. The first-order chi connectivity index (χ1) is 8.44. The number of benzene rings is 1. The standard InChI is InChI=1S/C11H16BrNO4S/c1-3-8(7-14)13-18(15,16)9-4-5-11(17-2)10(12)6-9/h4-6,8,13-14H,3,7H2,1-2H3. The molecule has 18 heavy (non-hydrogen) atoms. The van der Waals surface area contributed by atoms with Gasteiger partial charge in [0.25, 0.3) is 0 Å². The second-order valence-electron chi connectivity index (χ2n) is 3.71. The Morgan fingerprint density at radius 3 is 2.61 bits per heavy atom. The van der Waals surface area contributed by atoms with Crippen molar-refractivity contribution in [2.24, 2.45) is 0 Å². The third kappa shape index (κ3) is 3.68. The van der Waals surface area contributed by atoms with E-state index in [2.05, 4.69) is 20.7 Å². The summed E-state index contributed by atoms with van der Waals surface area (Å²) in [5, 5.41) is 9.02. The van der Waals surface area contributed by atoms with Crippen LogP contribution >= 0.6 is 15.9 Å². The lowest BCUT2D eigenvalue weighted by Gasteiger charge is -2.15. The molecule has 0 aliphatic heterocycles. The van der Waals surface area contributed by atoms with Crippen molar-refractivity contribution in [3.05, 3.63) is 22.7 Å². The minimum Gasteiger partial charge on any atom is -0.496 e. The van der Waals surface area contributed by atoms with E-state index in [1.807, 2.05) is 0 Å². The van der Waals surface area contributed by atoms with Crippen LogP contribution in [0.5, 0.6) is 5.75 Å². The number of aliphatic hydroxyl groups is 1. The molecule has 1 unspecified atom stereocenters. The van der Waals surface area contributed by atoms with E-state index in [0.29, 0.717) is 16.6 Å². The Labute approximate surface area is 115 Å². The molecule has 0 amide bonds. The maximum Gasteiger partial charge on any atom is 0.240 e. The summed E-state index contributed by atoms with van der Waals surface area (Å²) in [6, 6.07) is 4.01. The molecular formula is C11H16BrNO4S. The van der Waals surface area contributed by atoms with Crippen molar-refractivity contribution in [1.29, 1.82) is 0 Å². The number of hydrogen-bond donors (Lipinski definition) is 2. The fraction of sp³-hybridized carbons (Fsp3) is 0.455. The van der Waals surface area contributed by atoms with Crippen molar-refractivity contribution in [3.63, 3.8) is 0 Å². The zero-order valence-corrected chi connectivity index (χ0v) is 12.6. The fourth-order valence-electron chi connectivity index (χ4n) is 1.35. The van der Waals surface area contributed by atoms with E-state index in [1.54, 1.807) is 13.0 Å². The molecule has 1 atom stereocenters. The maximum absolute atomic E-state index is 12.0. The second-order valence-corrected chi connectivity index (χ2v) is 6.27. The van der Waals surface area contributed by atoms with Crippen molar-refractivity contribution in [2.75, 3.05) is 13.7 Å². The van der Waals surface area contributed by atoms with E-state index in [1.165, 1.54) is 19.2 Å². The molecule has 1 aromatic rings. The zero-order valence-electron chi connectivity index (χ0n) is 10.2. The highest BCUT2D eigenvalue weighted by atomic mass is 79.9. The number of aliphatic hydroxyl groups excluding tert-OH is 1. The summed E-state index contributed by atoms with van der Waals surface area (Å²) in [7, 11) is -2.12. The Bertz CT molecular complexity index is 500.